The molecule has 1 amide bonds. The van der Waals surface area contributed by atoms with Crippen molar-refractivity contribution >= 4 is 16.8 Å². The summed E-state index contributed by atoms with van der Waals surface area (Å²) in [5.74, 6) is -0.107. The number of nitrogens with zero attached hydrogens (tertiary/aromatic N) is 1. The van der Waals surface area contributed by atoms with Crippen molar-refractivity contribution in [1.29, 1.82) is 0 Å². The molecule has 3 nitrogen and oxygen atoms in total. The molecular formula is C15H18N2O. The number of carbonyl (C=O) groups is 1. The Morgan fingerprint density at radius 2 is 2.22 bits per heavy atom. The van der Waals surface area contributed by atoms with Crippen LogP contribution in [0.5, 0.6) is 0 Å². The molecular weight excluding hydrogens is 224 g/mol. The van der Waals surface area contributed by atoms with Gasteiger partial charge in [0.25, 0.3) is 0 Å². The van der Waals surface area contributed by atoms with Crippen LogP contribution in [0.25, 0.3) is 10.9 Å². The topological polar surface area (TPSA) is 34.0 Å². The minimum atomic E-state index is -0.107. The van der Waals surface area contributed by atoms with Gasteiger partial charge in [-0.2, -0.15) is 0 Å². The van der Waals surface area contributed by atoms with Crippen molar-refractivity contribution in [2.75, 3.05) is 6.54 Å². The van der Waals surface area contributed by atoms with Gasteiger partial charge in [0.2, 0.25) is 5.91 Å². The number of benzene rings is 1. The monoisotopic (exact) mass is 242 g/mol. The zero-order chi connectivity index (χ0) is 13.0. The number of nitrogens with one attached hydrogen (secondary N) is 1. The van der Waals surface area contributed by atoms with Gasteiger partial charge in [-0.25, -0.2) is 0 Å². The Morgan fingerprint density at radius 1 is 1.44 bits per heavy atom. The number of aromatic nitrogens is 1. The standard InChI is InChI=1S/C15H18N2O/c1-3-15(18)16-9-6-10-17-12(2)11-13-7-4-5-8-14(13)17/h3-5,7-8,11H,1,6,9-10H2,2H3,(H,16,18). The number of hydrogen-bond acceptors (Lipinski definition) is 1. The van der Waals surface area contributed by atoms with Gasteiger partial charge in [0.05, 0.1) is 0 Å². The number of aryl methyl sites for hydroxylation is 2. The Morgan fingerprint density at radius 3 is 3.00 bits per heavy atom. The number of hydrogen-bond donors (Lipinski definition) is 1. The molecule has 0 aliphatic rings. The maximum atomic E-state index is 11.0. The summed E-state index contributed by atoms with van der Waals surface area (Å²) in [6.07, 6.45) is 2.22. The van der Waals surface area contributed by atoms with Crippen LogP contribution in [0.4, 0.5) is 0 Å². The van der Waals surface area contributed by atoms with E-state index in [1.165, 1.54) is 22.7 Å². The summed E-state index contributed by atoms with van der Waals surface area (Å²) in [5.41, 5.74) is 2.51. The summed E-state index contributed by atoms with van der Waals surface area (Å²) in [7, 11) is 0. The Bertz CT molecular complexity index is 569. The zero-order valence-electron chi connectivity index (χ0n) is 10.6. The molecule has 1 heterocycles. The lowest BCUT2D eigenvalue weighted by Crippen LogP contribution is -2.22. The van der Waals surface area contributed by atoms with Crippen LogP contribution >= 0.6 is 0 Å². The summed E-state index contributed by atoms with van der Waals surface area (Å²) in [6, 6.07) is 10.6. The lowest BCUT2D eigenvalue weighted by atomic mass is 10.2. The number of carbonyl (C=O) groups excluding carboxylic acids is 1. The average Bonchev–Trinajstić information content (AvgIpc) is 2.70. The maximum Gasteiger partial charge on any atom is 0.243 e. The molecule has 0 atom stereocenters. The summed E-state index contributed by atoms with van der Waals surface area (Å²) in [5, 5.41) is 4.06. The van der Waals surface area contributed by atoms with Crippen molar-refractivity contribution in [1.82, 2.24) is 9.88 Å². The minimum absolute atomic E-state index is 0.107. The molecule has 1 aromatic heterocycles. The average molecular weight is 242 g/mol. The highest BCUT2D eigenvalue weighted by molar-refractivity contribution is 5.86. The second-order valence-corrected chi connectivity index (χ2v) is 4.34. The third-order valence-electron chi connectivity index (χ3n) is 3.06. The predicted octanol–water partition coefficient (Wildman–Crippen LogP) is 2.64. The molecule has 3 heteroatoms. The van der Waals surface area contributed by atoms with E-state index in [1.807, 2.05) is 0 Å². The van der Waals surface area contributed by atoms with Gasteiger partial charge in [-0.3, -0.25) is 4.79 Å². The first-order valence-corrected chi connectivity index (χ1v) is 6.17. The van der Waals surface area contributed by atoms with E-state index in [2.05, 4.69) is 53.7 Å². The Kier molecular flexibility index (Phi) is 3.82. The van der Waals surface area contributed by atoms with Crippen LogP contribution in [0.2, 0.25) is 0 Å². The second kappa shape index (κ2) is 5.54. The van der Waals surface area contributed by atoms with Crippen LogP contribution in [0, 0.1) is 6.92 Å². The van der Waals surface area contributed by atoms with E-state index in [1.54, 1.807) is 0 Å². The molecule has 2 aromatic rings. The fourth-order valence-electron chi connectivity index (χ4n) is 2.17. The van der Waals surface area contributed by atoms with E-state index in [0.717, 1.165) is 13.0 Å². The molecule has 0 saturated carbocycles. The predicted molar refractivity (Wildman–Crippen MR) is 74.5 cm³/mol. The molecule has 0 fully saturated rings. The number of fused-ring (bicyclic) bond motifs is 1. The molecule has 0 spiro atoms. The van der Waals surface area contributed by atoms with Crippen molar-refractivity contribution < 1.29 is 4.79 Å². The van der Waals surface area contributed by atoms with E-state index in [0.29, 0.717) is 6.54 Å². The van der Waals surface area contributed by atoms with Gasteiger partial charge in [-0.1, -0.05) is 24.8 Å². The summed E-state index contributed by atoms with van der Waals surface area (Å²) in [4.78, 5) is 11.0. The molecule has 0 radical (unpaired) electrons. The van der Waals surface area contributed by atoms with Gasteiger partial charge in [-0.15, -0.1) is 0 Å². The van der Waals surface area contributed by atoms with Crippen LogP contribution < -0.4 is 5.32 Å². The molecule has 0 saturated heterocycles. The SMILES string of the molecule is C=CC(=O)NCCCn1c(C)cc2ccccc21. The van der Waals surface area contributed by atoms with Crippen LogP contribution in [-0.4, -0.2) is 17.0 Å². The highest BCUT2D eigenvalue weighted by Gasteiger charge is 2.04. The van der Waals surface area contributed by atoms with Gasteiger partial charge in [0.1, 0.15) is 0 Å². The fraction of sp³-hybridized carbons (Fsp3) is 0.267. The van der Waals surface area contributed by atoms with E-state index in [9.17, 15) is 4.79 Å². The summed E-state index contributed by atoms with van der Waals surface area (Å²) >= 11 is 0. The molecule has 0 unspecified atom stereocenters. The van der Waals surface area contributed by atoms with Crippen molar-refractivity contribution in [3.05, 3.63) is 48.7 Å². The van der Waals surface area contributed by atoms with Crippen molar-refractivity contribution in [3.63, 3.8) is 0 Å². The smallest absolute Gasteiger partial charge is 0.243 e. The van der Waals surface area contributed by atoms with Crippen LogP contribution in [0.3, 0.4) is 0 Å². The fourth-order valence-corrected chi connectivity index (χ4v) is 2.17. The highest BCUT2D eigenvalue weighted by Crippen LogP contribution is 2.19. The Balaban J connectivity index is 2.01. The first kappa shape index (κ1) is 12.4. The third kappa shape index (κ3) is 2.62. The van der Waals surface area contributed by atoms with Gasteiger partial charge in [0.15, 0.2) is 0 Å². The van der Waals surface area contributed by atoms with E-state index in [4.69, 9.17) is 0 Å². The molecule has 0 bridgehead atoms. The molecule has 0 aliphatic heterocycles. The van der Waals surface area contributed by atoms with Gasteiger partial charge in [-0.05, 0) is 36.9 Å². The van der Waals surface area contributed by atoms with E-state index in [-0.39, 0.29) is 5.91 Å². The second-order valence-electron chi connectivity index (χ2n) is 4.34. The van der Waals surface area contributed by atoms with E-state index < -0.39 is 0 Å². The van der Waals surface area contributed by atoms with Crippen LogP contribution in [-0.2, 0) is 11.3 Å². The molecule has 2 rings (SSSR count). The van der Waals surface area contributed by atoms with Crippen LogP contribution in [0.1, 0.15) is 12.1 Å². The Hall–Kier alpha value is -2.03. The molecule has 94 valence electrons. The summed E-state index contributed by atoms with van der Waals surface area (Å²) < 4.78 is 2.29. The summed E-state index contributed by atoms with van der Waals surface area (Å²) in [6.45, 7) is 7.13. The normalized spacial score (nSPS) is 10.5. The number of rotatable bonds is 5. The largest absolute Gasteiger partial charge is 0.353 e. The molecule has 1 aromatic carbocycles. The highest BCUT2D eigenvalue weighted by atomic mass is 16.1. The lowest BCUT2D eigenvalue weighted by Gasteiger charge is -2.08. The quantitative estimate of drug-likeness (QED) is 0.634. The van der Waals surface area contributed by atoms with Crippen LogP contribution in [0.15, 0.2) is 43.0 Å². The first-order chi connectivity index (χ1) is 8.72. The lowest BCUT2D eigenvalue weighted by molar-refractivity contribution is -0.116. The van der Waals surface area contributed by atoms with Crippen molar-refractivity contribution in [2.45, 2.75) is 19.9 Å². The molecule has 18 heavy (non-hydrogen) atoms. The van der Waals surface area contributed by atoms with Crippen molar-refractivity contribution in [2.24, 2.45) is 0 Å². The Labute approximate surface area is 107 Å². The minimum Gasteiger partial charge on any atom is -0.353 e. The first-order valence-electron chi connectivity index (χ1n) is 6.17. The zero-order valence-corrected chi connectivity index (χ0v) is 10.6. The molecule has 1 N–H and O–H groups in total. The van der Waals surface area contributed by atoms with Crippen molar-refractivity contribution in [3.8, 4) is 0 Å². The van der Waals surface area contributed by atoms with Gasteiger partial charge < -0.3 is 9.88 Å². The van der Waals surface area contributed by atoms with Gasteiger partial charge >= 0.3 is 0 Å². The third-order valence-corrected chi connectivity index (χ3v) is 3.06. The van der Waals surface area contributed by atoms with E-state index >= 15 is 0 Å². The van der Waals surface area contributed by atoms with Gasteiger partial charge in [0, 0.05) is 24.3 Å². The number of amides is 1. The molecule has 0 aliphatic carbocycles. The maximum absolute atomic E-state index is 11.0. The number of para-hydroxylation sites is 1.